The van der Waals surface area contributed by atoms with E-state index in [-0.39, 0.29) is 11.6 Å². The molecule has 0 fully saturated rings. The van der Waals surface area contributed by atoms with Gasteiger partial charge in [-0.1, -0.05) is 48.5 Å². The highest BCUT2D eigenvalue weighted by Crippen LogP contribution is 2.06. The molecule has 4 nitrogen and oxygen atoms in total. The summed E-state index contributed by atoms with van der Waals surface area (Å²) in [7, 11) is 0. The van der Waals surface area contributed by atoms with Crippen molar-refractivity contribution in [2.45, 2.75) is 26.1 Å². The van der Waals surface area contributed by atoms with Crippen LogP contribution in [0.15, 0.2) is 65.6 Å². The van der Waals surface area contributed by atoms with Gasteiger partial charge in [0.2, 0.25) is 0 Å². The molecule has 0 spiro atoms. The highest BCUT2D eigenvalue weighted by atomic mass is 16.1. The Kier molecular flexibility index (Phi) is 4.30. The van der Waals surface area contributed by atoms with Crippen molar-refractivity contribution in [1.29, 1.82) is 0 Å². The molecule has 0 bridgehead atoms. The molecule has 0 aliphatic rings. The summed E-state index contributed by atoms with van der Waals surface area (Å²) in [5, 5.41) is 9.29. The van der Waals surface area contributed by atoms with Crippen molar-refractivity contribution >= 4 is 10.8 Å². The number of benzene rings is 2. The third-order valence-corrected chi connectivity index (χ3v) is 3.71. The smallest absolute Gasteiger partial charge is 0.274 e. The van der Waals surface area contributed by atoms with Crippen molar-refractivity contribution < 1.29 is 0 Å². The number of rotatable bonds is 5. The molecule has 0 amide bonds. The van der Waals surface area contributed by atoms with Crippen LogP contribution >= 0.6 is 0 Å². The second kappa shape index (κ2) is 6.54. The van der Waals surface area contributed by atoms with Gasteiger partial charge in [0.15, 0.2) is 0 Å². The predicted octanol–water partition coefficient (Wildman–Crippen LogP) is 2.57. The molecule has 1 heterocycles. The van der Waals surface area contributed by atoms with Crippen LogP contribution in [-0.4, -0.2) is 15.8 Å². The predicted molar refractivity (Wildman–Crippen MR) is 88.7 cm³/mol. The van der Waals surface area contributed by atoms with Crippen LogP contribution in [0.3, 0.4) is 0 Å². The normalized spacial score (nSPS) is 12.4. The maximum atomic E-state index is 12.4. The molecular weight excluding hydrogens is 274 g/mol. The summed E-state index contributed by atoms with van der Waals surface area (Å²) >= 11 is 0. The zero-order valence-electron chi connectivity index (χ0n) is 12.6. The molecule has 3 rings (SSSR count). The first-order chi connectivity index (χ1) is 10.7. The maximum Gasteiger partial charge on any atom is 0.274 e. The molecule has 1 aromatic heterocycles. The molecule has 1 atom stereocenters. The molecule has 0 aliphatic heterocycles. The SMILES string of the molecule is C[C@H](Cn1ncc2ccccc2c1=O)NCc1ccccc1. The van der Waals surface area contributed by atoms with Crippen molar-refractivity contribution in [3.63, 3.8) is 0 Å². The average molecular weight is 293 g/mol. The molecule has 0 saturated carbocycles. The quantitative estimate of drug-likeness (QED) is 0.786. The van der Waals surface area contributed by atoms with Crippen LogP contribution in [0.5, 0.6) is 0 Å². The van der Waals surface area contributed by atoms with Gasteiger partial charge in [0.25, 0.3) is 5.56 Å². The lowest BCUT2D eigenvalue weighted by atomic mass is 10.2. The van der Waals surface area contributed by atoms with Gasteiger partial charge in [-0.2, -0.15) is 5.10 Å². The van der Waals surface area contributed by atoms with E-state index in [9.17, 15) is 4.79 Å². The third-order valence-electron chi connectivity index (χ3n) is 3.71. The minimum absolute atomic E-state index is 0.0357. The van der Waals surface area contributed by atoms with E-state index < -0.39 is 0 Å². The average Bonchev–Trinajstić information content (AvgIpc) is 2.57. The lowest BCUT2D eigenvalue weighted by Crippen LogP contribution is -2.35. The van der Waals surface area contributed by atoms with E-state index >= 15 is 0 Å². The van der Waals surface area contributed by atoms with E-state index in [1.807, 2.05) is 42.5 Å². The molecule has 0 unspecified atom stereocenters. The summed E-state index contributed by atoms with van der Waals surface area (Å²) in [6.45, 7) is 3.40. The fourth-order valence-electron chi connectivity index (χ4n) is 2.47. The number of nitrogens with zero attached hydrogens (tertiary/aromatic N) is 2. The van der Waals surface area contributed by atoms with Crippen molar-refractivity contribution in [2.75, 3.05) is 0 Å². The van der Waals surface area contributed by atoms with Crippen LogP contribution in [0.25, 0.3) is 10.8 Å². The van der Waals surface area contributed by atoms with Gasteiger partial charge in [0, 0.05) is 18.0 Å². The van der Waals surface area contributed by atoms with Crippen LogP contribution in [0.4, 0.5) is 0 Å². The number of fused-ring (bicyclic) bond motifs is 1. The summed E-state index contributed by atoms with van der Waals surface area (Å²) in [6, 6.07) is 17.9. The first-order valence-electron chi connectivity index (χ1n) is 7.46. The van der Waals surface area contributed by atoms with Gasteiger partial charge < -0.3 is 5.32 Å². The van der Waals surface area contributed by atoms with Crippen molar-refractivity contribution in [1.82, 2.24) is 15.1 Å². The van der Waals surface area contributed by atoms with E-state index in [2.05, 4.69) is 29.5 Å². The fourth-order valence-corrected chi connectivity index (χ4v) is 2.47. The van der Waals surface area contributed by atoms with Crippen LogP contribution in [-0.2, 0) is 13.1 Å². The van der Waals surface area contributed by atoms with Crippen molar-refractivity contribution in [3.05, 3.63) is 76.7 Å². The summed E-state index contributed by atoms with van der Waals surface area (Å²) in [5.41, 5.74) is 1.19. The van der Waals surface area contributed by atoms with E-state index in [1.54, 1.807) is 6.20 Å². The Balaban J connectivity index is 1.70. The minimum atomic E-state index is -0.0357. The molecular formula is C18H19N3O. The third kappa shape index (κ3) is 3.23. The van der Waals surface area contributed by atoms with Crippen LogP contribution in [0, 0.1) is 0 Å². The minimum Gasteiger partial charge on any atom is -0.308 e. The highest BCUT2D eigenvalue weighted by Gasteiger charge is 2.07. The zero-order chi connectivity index (χ0) is 15.4. The van der Waals surface area contributed by atoms with Crippen LogP contribution in [0.2, 0.25) is 0 Å². The van der Waals surface area contributed by atoms with Gasteiger partial charge in [-0.3, -0.25) is 4.79 Å². The van der Waals surface area contributed by atoms with Gasteiger partial charge in [-0.25, -0.2) is 4.68 Å². The highest BCUT2D eigenvalue weighted by molar-refractivity contribution is 5.80. The summed E-state index contributed by atoms with van der Waals surface area (Å²) in [4.78, 5) is 12.4. The summed E-state index contributed by atoms with van der Waals surface area (Å²) in [6.07, 6.45) is 1.75. The molecule has 22 heavy (non-hydrogen) atoms. The van der Waals surface area contributed by atoms with Crippen LogP contribution < -0.4 is 10.9 Å². The molecule has 112 valence electrons. The second-order valence-electron chi connectivity index (χ2n) is 5.49. The largest absolute Gasteiger partial charge is 0.308 e. The van der Waals surface area contributed by atoms with Crippen LogP contribution in [0.1, 0.15) is 12.5 Å². The molecule has 4 heteroatoms. The number of hydrogen-bond donors (Lipinski definition) is 1. The first kappa shape index (κ1) is 14.5. The molecule has 0 radical (unpaired) electrons. The van der Waals surface area contributed by atoms with Crippen molar-refractivity contribution in [2.24, 2.45) is 0 Å². The zero-order valence-corrected chi connectivity index (χ0v) is 12.6. The van der Waals surface area contributed by atoms with E-state index in [1.165, 1.54) is 10.2 Å². The van der Waals surface area contributed by atoms with E-state index in [0.29, 0.717) is 11.9 Å². The van der Waals surface area contributed by atoms with Gasteiger partial charge in [-0.05, 0) is 18.6 Å². The topological polar surface area (TPSA) is 46.9 Å². The lowest BCUT2D eigenvalue weighted by molar-refractivity contribution is 0.439. The van der Waals surface area contributed by atoms with E-state index in [0.717, 1.165) is 11.9 Å². The Morgan fingerprint density at radius 3 is 2.64 bits per heavy atom. The summed E-state index contributed by atoms with van der Waals surface area (Å²) in [5.74, 6) is 0. The standard InChI is InChI=1S/C18H19N3O/c1-14(19-11-15-7-3-2-4-8-15)13-21-18(22)17-10-6-5-9-16(17)12-20-21/h2-10,12,14,19H,11,13H2,1H3/t14-/m1/s1. The summed E-state index contributed by atoms with van der Waals surface area (Å²) < 4.78 is 1.53. The Morgan fingerprint density at radius 2 is 1.82 bits per heavy atom. The fraction of sp³-hybridized carbons (Fsp3) is 0.222. The number of hydrogen-bond acceptors (Lipinski definition) is 3. The Hall–Kier alpha value is -2.46. The van der Waals surface area contributed by atoms with Gasteiger partial charge in [0.1, 0.15) is 0 Å². The van der Waals surface area contributed by atoms with E-state index in [4.69, 9.17) is 0 Å². The Bertz CT molecular complexity index is 811. The Labute approximate surface area is 129 Å². The number of aromatic nitrogens is 2. The van der Waals surface area contributed by atoms with Gasteiger partial charge in [-0.15, -0.1) is 0 Å². The van der Waals surface area contributed by atoms with Gasteiger partial charge >= 0.3 is 0 Å². The monoisotopic (exact) mass is 293 g/mol. The molecule has 3 aromatic rings. The lowest BCUT2D eigenvalue weighted by Gasteiger charge is -2.15. The second-order valence-corrected chi connectivity index (χ2v) is 5.49. The molecule has 1 N–H and O–H groups in total. The maximum absolute atomic E-state index is 12.4. The molecule has 2 aromatic carbocycles. The Morgan fingerprint density at radius 1 is 1.09 bits per heavy atom. The number of nitrogens with one attached hydrogen (secondary N) is 1. The molecule has 0 saturated heterocycles. The van der Waals surface area contributed by atoms with Gasteiger partial charge in [0.05, 0.1) is 18.1 Å². The first-order valence-corrected chi connectivity index (χ1v) is 7.46. The van der Waals surface area contributed by atoms with Crippen molar-refractivity contribution in [3.8, 4) is 0 Å². The molecule has 0 aliphatic carbocycles.